The Labute approximate surface area is 184 Å². The highest BCUT2D eigenvalue weighted by atomic mass is 19.1. The van der Waals surface area contributed by atoms with Crippen LogP contribution in [0.2, 0.25) is 0 Å². The quantitative estimate of drug-likeness (QED) is 0.646. The number of hydrogen-bond acceptors (Lipinski definition) is 5. The molecule has 170 valence electrons. The van der Waals surface area contributed by atoms with E-state index in [0.29, 0.717) is 24.8 Å². The summed E-state index contributed by atoms with van der Waals surface area (Å²) >= 11 is 0. The molecule has 0 aromatic heterocycles. The zero-order chi connectivity index (χ0) is 22.1. The Kier molecular flexibility index (Phi) is 9.11. The lowest BCUT2D eigenvalue weighted by molar-refractivity contribution is -0.122. The van der Waals surface area contributed by atoms with Crippen LogP contribution in [0, 0.1) is 23.1 Å². The van der Waals surface area contributed by atoms with Gasteiger partial charge < -0.3 is 19.7 Å². The molecule has 1 aliphatic heterocycles. The van der Waals surface area contributed by atoms with E-state index in [1.165, 1.54) is 31.4 Å². The van der Waals surface area contributed by atoms with Gasteiger partial charge in [-0.2, -0.15) is 5.26 Å². The highest BCUT2D eigenvalue weighted by molar-refractivity contribution is 5.76. The highest BCUT2D eigenvalue weighted by Crippen LogP contribution is 2.28. The van der Waals surface area contributed by atoms with Crippen molar-refractivity contribution in [2.45, 2.75) is 63.5 Å². The Balaban J connectivity index is 1.31. The molecule has 1 N–H and O–H groups in total. The maximum atomic E-state index is 13.3. The van der Waals surface area contributed by atoms with Crippen LogP contribution in [0.25, 0.3) is 0 Å². The van der Waals surface area contributed by atoms with E-state index in [1.807, 2.05) is 6.07 Å². The second kappa shape index (κ2) is 12.0. The molecular weight excluding hydrogens is 397 g/mol. The standard InChI is InChI=1S/C24H34FN3O3/c1-30-15-11-24(29)27-21-5-2-18(3-6-21)8-12-28-13-9-22(10-14-28)31-23-7-4-20(25)16-19(23)17-26/h4,7,16,18,21-22H,2-3,5-6,8-15H2,1H3,(H,27,29). The first-order valence-electron chi connectivity index (χ1n) is 11.4. The number of amides is 1. The highest BCUT2D eigenvalue weighted by Gasteiger charge is 2.25. The van der Waals surface area contributed by atoms with E-state index < -0.39 is 5.82 Å². The summed E-state index contributed by atoms with van der Waals surface area (Å²) in [5.41, 5.74) is 0.257. The van der Waals surface area contributed by atoms with Gasteiger partial charge in [0.1, 0.15) is 23.7 Å². The molecule has 3 rings (SSSR count). The third-order valence-corrected chi connectivity index (χ3v) is 6.49. The molecule has 1 amide bonds. The summed E-state index contributed by atoms with van der Waals surface area (Å²) in [5.74, 6) is 0.895. The number of carbonyl (C=O) groups is 1. The topological polar surface area (TPSA) is 74.6 Å². The fourth-order valence-electron chi connectivity index (χ4n) is 4.58. The molecule has 0 bridgehead atoms. The zero-order valence-electron chi connectivity index (χ0n) is 18.4. The first kappa shape index (κ1) is 23.5. The Morgan fingerprint density at radius 3 is 2.65 bits per heavy atom. The normalized spacial score (nSPS) is 22.6. The van der Waals surface area contributed by atoms with E-state index in [2.05, 4.69) is 10.2 Å². The lowest BCUT2D eigenvalue weighted by atomic mass is 9.84. The van der Waals surface area contributed by atoms with Crippen LogP contribution in [0.5, 0.6) is 5.75 Å². The van der Waals surface area contributed by atoms with Crippen molar-refractivity contribution < 1.29 is 18.7 Å². The molecule has 0 spiro atoms. The summed E-state index contributed by atoms with van der Waals surface area (Å²) in [6.07, 6.45) is 8.04. The predicted octanol–water partition coefficient (Wildman–Crippen LogP) is 3.64. The number of ether oxygens (including phenoxy) is 2. The number of likely N-dealkylation sites (tertiary alicyclic amines) is 1. The molecule has 0 unspecified atom stereocenters. The van der Waals surface area contributed by atoms with Crippen LogP contribution in [0.1, 0.15) is 56.9 Å². The first-order valence-corrected chi connectivity index (χ1v) is 11.4. The summed E-state index contributed by atoms with van der Waals surface area (Å²) in [6, 6.07) is 6.44. The number of nitrogens with one attached hydrogen (secondary N) is 1. The van der Waals surface area contributed by atoms with E-state index in [9.17, 15) is 14.4 Å². The Bertz CT molecular complexity index is 751. The lowest BCUT2D eigenvalue weighted by Gasteiger charge is -2.34. The number of benzene rings is 1. The Morgan fingerprint density at radius 1 is 1.23 bits per heavy atom. The van der Waals surface area contributed by atoms with Crippen LogP contribution in [-0.2, 0) is 9.53 Å². The molecule has 0 atom stereocenters. The van der Waals surface area contributed by atoms with Crippen molar-refractivity contribution in [3.05, 3.63) is 29.6 Å². The van der Waals surface area contributed by atoms with Crippen molar-refractivity contribution >= 4 is 5.91 Å². The molecule has 2 aliphatic rings. The van der Waals surface area contributed by atoms with E-state index in [1.54, 1.807) is 13.2 Å². The molecule has 1 aromatic carbocycles. The van der Waals surface area contributed by atoms with Crippen molar-refractivity contribution in [3.63, 3.8) is 0 Å². The predicted molar refractivity (Wildman–Crippen MR) is 116 cm³/mol. The molecule has 1 saturated heterocycles. The van der Waals surface area contributed by atoms with Gasteiger partial charge in [-0.05, 0) is 75.6 Å². The van der Waals surface area contributed by atoms with Crippen LogP contribution < -0.4 is 10.1 Å². The molecule has 1 heterocycles. The minimum Gasteiger partial charge on any atom is -0.489 e. The Hall–Kier alpha value is -2.17. The second-order valence-corrected chi connectivity index (χ2v) is 8.73. The van der Waals surface area contributed by atoms with Gasteiger partial charge in [0.25, 0.3) is 0 Å². The van der Waals surface area contributed by atoms with Gasteiger partial charge >= 0.3 is 0 Å². The third kappa shape index (κ3) is 7.48. The van der Waals surface area contributed by atoms with Crippen LogP contribution in [-0.4, -0.2) is 56.3 Å². The Morgan fingerprint density at radius 2 is 1.97 bits per heavy atom. The summed E-state index contributed by atoms with van der Waals surface area (Å²) in [5, 5.41) is 12.3. The molecule has 2 fully saturated rings. The summed E-state index contributed by atoms with van der Waals surface area (Å²) < 4.78 is 24.2. The van der Waals surface area contributed by atoms with Gasteiger partial charge in [-0.15, -0.1) is 0 Å². The van der Waals surface area contributed by atoms with E-state index in [-0.39, 0.29) is 17.6 Å². The van der Waals surface area contributed by atoms with Gasteiger partial charge in [0.05, 0.1) is 12.2 Å². The molecular formula is C24H34FN3O3. The molecule has 1 aromatic rings. The number of halogens is 1. The maximum absolute atomic E-state index is 13.3. The lowest BCUT2D eigenvalue weighted by Crippen LogP contribution is -2.40. The average molecular weight is 432 g/mol. The van der Waals surface area contributed by atoms with Gasteiger partial charge in [0.15, 0.2) is 0 Å². The number of rotatable bonds is 9. The van der Waals surface area contributed by atoms with Crippen molar-refractivity contribution in [3.8, 4) is 11.8 Å². The number of carbonyl (C=O) groups excluding carboxylic acids is 1. The van der Waals surface area contributed by atoms with Crippen LogP contribution >= 0.6 is 0 Å². The smallest absolute Gasteiger partial charge is 0.222 e. The van der Waals surface area contributed by atoms with E-state index >= 15 is 0 Å². The van der Waals surface area contributed by atoms with Crippen LogP contribution in [0.4, 0.5) is 4.39 Å². The van der Waals surface area contributed by atoms with Crippen molar-refractivity contribution in [1.29, 1.82) is 5.26 Å². The number of nitrogens with zero attached hydrogens (tertiary/aromatic N) is 2. The molecule has 31 heavy (non-hydrogen) atoms. The van der Waals surface area contributed by atoms with Gasteiger partial charge in [-0.25, -0.2) is 4.39 Å². The molecule has 1 aliphatic carbocycles. The average Bonchev–Trinajstić information content (AvgIpc) is 2.79. The molecule has 1 saturated carbocycles. The summed E-state index contributed by atoms with van der Waals surface area (Å²) in [4.78, 5) is 14.3. The number of piperidine rings is 1. The van der Waals surface area contributed by atoms with E-state index in [0.717, 1.165) is 51.2 Å². The van der Waals surface area contributed by atoms with Gasteiger partial charge in [0.2, 0.25) is 5.91 Å². The van der Waals surface area contributed by atoms with Crippen LogP contribution in [0.3, 0.4) is 0 Å². The van der Waals surface area contributed by atoms with Crippen molar-refractivity contribution in [2.24, 2.45) is 5.92 Å². The zero-order valence-corrected chi connectivity index (χ0v) is 18.4. The summed E-state index contributed by atoms with van der Waals surface area (Å²) in [7, 11) is 1.62. The number of methoxy groups -OCH3 is 1. The summed E-state index contributed by atoms with van der Waals surface area (Å²) in [6.45, 7) is 3.55. The minimum absolute atomic E-state index is 0.0750. The van der Waals surface area contributed by atoms with Crippen molar-refractivity contribution in [2.75, 3.05) is 33.4 Å². The largest absolute Gasteiger partial charge is 0.489 e. The van der Waals surface area contributed by atoms with Gasteiger partial charge in [0, 0.05) is 32.7 Å². The molecule has 0 radical (unpaired) electrons. The SMILES string of the molecule is COCCC(=O)NC1CCC(CCN2CCC(Oc3ccc(F)cc3C#N)CC2)CC1. The van der Waals surface area contributed by atoms with Gasteiger partial charge in [-0.3, -0.25) is 4.79 Å². The number of nitriles is 1. The van der Waals surface area contributed by atoms with E-state index in [4.69, 9.17) is 9.47 Å². The minimum atomic E-state index is -0.416. The monoisotopic (exact) mass is 431 g/mol. The molecule has 7 heteroatoms. The third-order valence-electron chi connectivity index (χ3n) is 6.49. The molecule has 6 nitrogen and oxygen atoms in total. The first-order chi connectivity index (χ1) is 15.1. The van der Waals surface area contributed by atoms with Crippen LogP contribution in [0.15, 0.2) is 18.2 Å². The van der Waals surface area contributed by atoms with Gasteiger partial charge in [-0.1, -0.05) is 0 Å². The second-order valence-electron chi connectivity index (χ2n) is 8.73. The number of hydrogen-bond donors (Lipinski definition) is 1. The van der Waals surface area contributed by atoms with Crippen molar-refractivity contribution in [1.82, 2.24) is 10.2 Å². The maximum Gasteiger partial charge on any atom is 0.222 e. The fraction of sp³-hybridized carbons (Fsp3) is 0.667. The fourth-order valence-corrected chi connectivity index (χ4v) is 4.58.